The van der Waals surface area contributed by atoms with Crippen LogP contribution in [0.1, 0.15) is 24.8 Å². The van der Waals surface area contributed by atoms with Crippen molar-refractivity contribution in [3.05, 3.63) is 42.1 Å². The van der Waals surface area contributed by atoms with E-state index in [1.54, 1.807) is 7.11 Å². The van der Waals surface area contributed by atoms with Crippen LogP contribution in [0.4, 0.5) is 0 Å². The van der Waals surface area contributed by atoms with Crippen LogP contribution >= 0.6 is 0 Å². The minimum atomic E-state index is 0.499. The summed E-state index contributed by atoms with van der Waals surface area (Å²) in [5, 5.41) is 4.88. The molecule has 3 rings (SSSR count). The van der Waals surface area contributed by atoms with Gasteiger partial charge < -0.3 is 10.1 Å². The Hall–Kier alpha value is -1.45. The predicted octanol–water partition coefficient (Wildman–Crippen LogP) is 3.14. The number of rotatable bonds is 7. The van der Waals surface area contributed by atoms with Crippen molar-refractivity contribution >= 4 is 10.9 Å². The molecule has 0 atom stereocenters. The smallest absolute Gasteiger partial charge is 0.0705 e. The van der Waals surface area contributed by atoms with Gasteiger partial charge in [0.1, 0.15) is 0 Å². The van der Waals surface area contributed by atoms with E-state index in [-0.39, 0.29) is 0 Å². The number of nitrogens with zero attached hydrogens (tertiary/aromatic N) is 1. The highest BCUT2D eigenvalue weighted by Crippen LogP contribution is 2.48. The molecule has 0 bridgehead atoms. The number of benzene rings is 1. The fourth-order valence-electron chi connectivity index (χ4n) is 2.78. The summed E-state index contributed by atoms with van der Waals surface area (Å²) < 4.78 is 5.20. The Morgan fingerprint density at radius 1 is 1.25 bits per heavy atom. The molecule has 1 saturated carbocycles. The quantitative estimate of drug-likeness (QED) is 0.839. The summed E-state index contributed by atoms with van der Waals surface area (Å²) in [4.78, 5) is 4.41. The molecule has 20 heavy (non-hydrogen) atoms. The Morgan fingerprint density at radius 2 is 2.10 bits per heavy atom. The number of methoxy groups -OCH3 is 1. The molecule has 0 saturated heterocycles. The number of hydrogen-bond donors (Lipinski definition) is 1. The Morgan fingerprint density at radius 3 is 2.90 bits per heavy atom. The number of para-hydroxylation sites is 1. The Labute approximate surface area is 120 Å². The Kier molecular flexibility index (Phi) is 3.99. The molecule has 106 valence electrons. The van der Waals surface area contributed by atoms with Gasteiger partial charge in [-0.2, -0.15) is 0 Å². The largest absolute Gasteiger partial charge is 0.385 e. The van der Waals surface area contributed by atoms with Gasteiger partial charge in [0.25, 0.3) is 0 Å². The van der Waals surface area contributed by atoms with E-state index in [1.165, 1.54) is 30.2 Å². The first kappa shape index (κ1) is 13.5. The highest BCUT2D eigenvalue weighted by molar-refractivity contribution is 5.81. The maximum atomic E-state index is 5.20. The molecule has 1 aromatic carbocycles. The van der Waals surface area contributed by atoms with Crippen LogP contribution in [0.3, 0.4) is 0 Å². The van der Waals surface area contributed by atoms with Crippen molar-refractivity contribution in [3.63, 3.8) is 0 Å². The predicted molar refractivity (Wildman–Crippen MR) is 81.6 cm³/mol. The third kappa shape index (κ3) is 3.00. The van der Waals surface area contributed by atoms with E-state index in [0.29, 0.717) is 5.41 Å². The molecule has 0 amide bonds. The summed E-state index contributed by atoms with van der Waals surface area (Å²) in [6.07, 6.45) is 5.74. The number of ether oxygens (including phenoxy) is 1. The van der Waals surface area contributed by atoms with E-state index in [0.717, 1.165) is 25.2 Å². The molecule has 1 heterocycles. The first-order valence-corrected chi connectivity index (χ1v) is 7.35. The van der Waals surface area contributed by atoms with Gasteiger partial charge in [-0.1, -0.05) is 18.2 Å². The second-order valence-corrected chi connectivity index (χ2v) is 5.83. The van der Waals surface area contributed by atoms with Gasteiger partial charge in [0.05, 0.1) is 5.52 Å². The fraction of sp³-hybridized carbons (Fsp3) is 0.471. The highest BCUT2D eigenvalue weighted by atomic mass is 16.5. The molecule has 0 aliphatic heterocycles. The summed E-state index contributed by atoms with van der Waals surface area (Å²) in [5.41, 5.74) is 2.91. The standard InChI is InChI=1S/C17H22N2O/c1-20-11-9-17(7-8-17)13-18-12-14-6-10-19-16-5-3-2-4-15(14)16/h2-6,10,18H,7-9,11-13H2,1H3. The van der Waals surface area contributed by atoms with Crippen molar-refractivity contribution in [3.8, 4) is 0 Å². The van der Waals surface area contributed by atoms with Gasteiger partial charge >= 0.3 is 0 Å². The van der Waals surface area contributed by atoms with Crippen LogP contribution in [0.15, 0.2) is 36.5 Å². The second-order valence-electron chi connectivity index (χ2n) is 5.83. The van der Waals surface area contributed by atoms with Crippen molar-refractivity contribution in [2.75, 3.05) is 20.3 Å². The maximum Gasteiger partial charge on any atom is 0.0705 e. The molecule has 1 N–H and O–H groups in total. The minimum absolute atomic E-state index is 0.499. The van der Waals surface area contributed by atoms with Gasteiger partial charge in [-0.25, -0.2) is 0 Å². The van der Waals surface area contributed by atoms with Crippen molar-refractivity contribution in [2.45, 2.75) is 25.8 Å². The third-order valence-electron chi connectivity index (χ3n) is 4.35. The van der Waals surface area contributed by atoms with Crippen molar-refractivity contribution in [1.82, 2.24) is 10.3 Å². The first-order chi connectivity index (χ1) is 9.83. The van der Waals surface area contributed by atoms with Crippen LogP contribution < -0.4 is 5.32 Å². The molecule has 1 aliphatic rings. The highest BCUT2D eigenvalue weighted by Gasteiger charge is 2.41. The lowest BCUT2D eigenvalue weighted by atomic mass is 10.0. The third-order valence-corrected chi connectivity index (χ3v) is 4.35. The van der Waals surface area contributed by atoms with E-state index < -0.39 is 0 Å². The lowest BCUT2D eigenvalue weighted by molar-refractivity contribution is 0.171. The summed E-state index contributed by atoms with van der Waals surface area (Å²) >= 11 is 0. The molecule has 1 aromatic heterocycles. The van der Waals surface area contributed by atoms with E-state index >= 15 is 0 Å². The monoisotopic (exact) mass is 270 g/mol. The van der Waals surface area contributed by atoms with Gasteiger partial charge in [0, 0.05) is 38.4 Å². The van der Waals surface area contributed by atoms with Crippen LogP contribution in [-0.2, 0) is 11.3 Å². The van der Waals surface area contributed by atoms with Crippen LogP contribution in [0, 0.1) is 5.41 Å². The molecule has 1 fully saturated rings. The summed E-state index contributed by atoms with van der Waals surface area (Å²) in [7, 11) is 1.78. The van der Waals surface area contributed by atoms with E-state index in [9.17, 15) is 0 Å². The van der Waals surface area contributed by atoms with Crippen LogP contribution in [-0.4, -0.2) is 25.2 Å². The number of fused-ring (bicyclic) bond motifs is 1. The molecule has 1 aliphatic carbocycles. The summed E-state index contributed by atoms with van der Waals surface area (Å²) in [5.74, 6) is 0. The molecule has 3 heteroatoms. The summed E-state index contributed by atoms with van der Waals surface area (Å²) in [6.45, 7) is 2.88. The lowest BCUT2D eigenvalue weighted by Gasteiger charge is -2.16. The SMILES string of the molecule is COCCC1(CNCc2ccnc3ccccc23)CC1. The summed E-state index contributed by atoms with van der Waals surface area (Å²) in [6, 6.07) is 10.5. The van der Waals surface area contributed by atoms with E-state index in [4.69, 9.17) is 4.74 Å². The molecule has 0 radical (unpaired) electrons. The number of aromatic nitrogens is 1. The van der Waals surface area contributed by atoms with Crippen LogP contribution in [0.2, 0.25) is 0 Å². The average molecular weight is 270 g/mol. The van der Waals surface area contributed by atoms with Crippen molar-refractivity contribution in [1.29, 1.82) is 0 Å². The fourth-order valence-corrected chi connectivity index (χ4v) is 2.78. The topological polar surface area (TPSA) is 34.1 Å². The molecule has 2 aromatic rings. The zero-order valence-corrected chi connectivity index (χ0v) is 12.1. The average Bonchev–Trinajstić information content (AvgIpc) is 3.26. The zero-order valence-electron chi connectivity index (χ0n) is 12.1. The molecule has 0 spiro atoms. The lowest BCUT2D eigenvalue weighted by Crippen LogP contribution is -2.24. The van der Waals surface area contributed by atoms with E-state index in [1.807, 2.05) is 12.3 Å². The minimum Gasteiger partial charge on any atom is -0.385 e. The van der Waals surface area contributed by atoms with Gasteiger partial charge in [-0.05, 0) is 42.4 Å². The Bertz CT molecular complexity index is 573. The van der Waals surface area contributed by atoms with Gasteiger partial charge in [-0.15, -0.1) is 0 Å². The van der Waals surface area contributed by atoms with Crippen molar-refractivity contribution < 1.29 is 4.74 Å². The maximum absolute atomic E-state index is 5.20. The van der Waals surface area contributed by atoms with Crippen molar-refractivity contribution in [2.24, 2.45) is 5.41 Å². The second kappa shape index (κ2) is 5.90. The number of hydrogen-bond acceptors (Lipinski definition) is 3. The van der Waals surface area contributed by atoms with Crippen LogP contribution in [0.25, 0.3) is 10.9 Å². The molecule has 3 nitrogen and oxygen atoms in total. The van der Waals surface area contributed by atoms with Gasteiger partial charge in [-0.3, -0.25) is 4.98 Å². The normalized spacial score (nSPS) is 16.4. The number of nitrogens with one attached hydrogen (secondary N) is 1. The van der Waals surface area contributed by atoms with Gasteiger partial charge in [0.2, 0.25) is 0 Å². The van der Waals surface area contributed by atoms with Crippen LogP contribution in [0.5, 0.6) is 0 Å². The molecular weight excluding hydrogens is 248 g/mol. The van der Waals surface area contributed by atoms with Gasteiger partial charge in [0.15, 0.2) is 0 Å². The first-order valence-electron chi connectivity index (χ1n) is 7.35. The number of pyridine rings is 1. The Balaban J connectivity index is 1.60. The van der Waals surface area contributed by atoms with E-state index in [2.05, 4.69) is 34.6 Å². The molecular formula is C17H22N2O. The zero-order chi connectivity index (χ0) is 13.8. The molecule has 0 unspecified atom stereocenters.